The molecule has 1 spiro atoms. The number of Topliss-reactive ketones (excluding diaryl/α,β-unsaturated/α-hetero) is 1. The van der Waals surface area contributed by atoms with E-state index in [1.54, 1.807) is 0 Å². The van der Waals surface area contributed by atoms with Gasteiger partial charge in [-0.25, -0.2) is 4.79 Å². The summed E-state index contributed by atoms with van der Waals surface area (Å²) in [5.74, 6) is -1.62. The highest BCUT2D eigenvalue weighted by molar-refractivity contribution is 6.11. The molecule has 0 aromatic heterocycles. The van der Waals surface area contributed by atoms with E-state index in [2.05, 4.69) is 6.08 Å². The third-order valence-electron chi connectivity index (χ3n) is 12.4. The molecule has 4 fully saturated rings. The van der Waals surface area contributed by atoms with Gasteiger partial charge in [0.05, 0.1) is 36.3 Å². The van der Waals surface area contributed by atoms with E-state index >= 15 is 0 Å². The molecule has 0 radical (unpaired) electrons. The van der Waals surface area contributed by atoms with Gasteiger partial charge in [0, 0.05) is 23.5 Å². The first-order valence-electron chi connectivity index (χ1n) is 17.2. The number of allylic oxidation sites excluding steroid dienone is 2. The molecule has 3 aliphatic heterocycles. The van der Waals surface area contributed by atoms with Gasteiger partial charge in [0.25, 0.3) is 0 Å². The highest BCUT2D eigenvalue weighted by atomic mass is 16.7. The fraction of sp³-hybridized carbons (Fsp3) is 0.568. The first-order valence-corrected chi connectivity index (χ1v) is 17.2. The minimum absolute atomic E-state index is 0.0229. The van der Waals surface area contributed by atoms with E-state index in [0.717, 1.165) is 50.0 Å². The molecule has 0 bridgehead atoms. The molecular formula is C37H42O12. The zero-order chi connectivity index (χ0) is 34.5. The number of rotatable bonds is 5. The Balaban J connectivity index is 1.16. The molecule has 3 aliphatic carbocycles. The second-order valence-electron chi connectivity index (χ2n) is 14.7. The van der Waals surface area contributed by atoms with Gasteiger partial charge in [-0.3, -0.25) is 4.79 Å². The first kappa shape index (κ1) is 32.7. The molecule has 8 rings (SSSR count). The van der Waals surface area contributed by atoms with Crippen molar-refractivity contribution in [2.24, 2.45) is 29.6 Å². The molecule has 0 amide bonds. The van der Waals surface area contributed by atoms with Gasteiger partial charge in [-0.05, 0) is 92.1 Å². The Hall–Kier alpha value is -3.52. The molecule has 12 heteroatoms. The van der Waals surface area contributed by atoms with Crippen LogP contribution < -0.4 is 4.74 Å². The summed E-state index contributed by atoms with van der Waals surface area (Å²) < 4.78 is 25.0. The molecule has 10 atom stereocenters. The van der Waals surface area contributed by atoms with Gasteiger partial charge in [0.15, 0.2) is 5.78 Å². The lowest BCUT2D eigenvalue weighted by Crippen LogP contribution is -2.69. The number of aromatic carboxylic acids is 1. The van der Waals surface area contributed by atoms with Crippen molar-refractivity contribution >= 4 is 22.5 Å². The smallest absolute Gasteiger partial charge is 0.335 e. The maximum Gasteiger partial charge on any atom is 0.335 e. The van der Waals surface area contributed by atoms with Crippen LogP contribution in [0.3, 0.4) is 0 Å². The first-order chi connectivity index (χ1) is 23.5. The molecule has 0 unspecified atom stereocenters. The second kappa shape index (κ2) is 11.8. The van der Waals surface area contributed by atoms with Crippen LogP contribution in [0.15, 0.2) is 34.9 Å². The molecule has 2 aromatic carbocycles. The summed E-state index contributed by atoms with van der Waals surface area (Å²) in [5.41, 5.74) is 1.80. The van der Waals surface area contributed by atoms with Crippen LogP contribution in [-0.2, 0) is 14.2 Å². The zero-order valence-electron chi connectivity index (χ0n) is 27.4. The summed E-state index contributed by atoms with van der Waals surface area (Å²) in [7, 11) is 0. The van der Waals surface area contributed by atoms with Crippen LogP contribution in [0.4, 0.5) is 0 Å². The molecule has 2 saturated carbocycles. The summed E-state index contributed by atoms with van der Waals surface area (Å²) in [5, 5.41) is 66.3. The lowest BCUT2D eigenvalue weighted by atomic mass is 9.52. The number of aliphatic hydroxyl groups is 3. The standard InChI is InChI=1S/C37H42O12/c1-15-27(16(2)39)32(41)30-22(31(15)40)8-19(35(44)45)9-25(30)48-36-33(42)34(43)37(26(11-38)49-36)10-23-20-5-3-4-17-12-46-14-24(29(17)20)21-7-6-18(13-47-37)28(21)23/h7-9,17,20,23-24,26,29,33-34,36,38,40-43H,3-6,10-14H2,1-2H3,(H,44,45)/t17-,20+,23+,24-,26-,29-,33-,34-,36-,37-/m1/s1. The van der Waals surface area contributed by atoms with Crippen LogP contribution in [0.2, 0.25) is 0 Å². The van der Waals surface area contributed by atoms with Gasteiger partial charge < -0.3 is 49.6 Å². The SMILES string of the molecule is CC(=O)c1c(C)c(O)c2cc(C(=O)O)cc(O[C@@H]3O[C@H](CO)[C@]4(C[C@@H]5C6=C(CC=C6[C@H]6COC[C@H]7CCC[C@@H]5[C@@H]76)CO4)[C@H](O)[C@H]3O)c2c1O. The summed E-state index contributed by atoms with van der Waals surface area (Å²) in [4.78, 5) is 24.6. The van der Waals surface area contributed by atoms with Gasteiger partial charge in [0.2, 0.25) is 6.29 Å². The monoisotopic (exact) mass is 678 g/mol. The summed E-state index contributed by atoms with van der Waals surface area (Å²) in [6.07, 6.45) is 0.446. The molecule has 6 N–H and O–H groups in total. The fourth-order valence-electron chi connectivity index (χ4n) is 10.3. The molecule has 49 heavy (non-hydrogen) atoms. The summed E-state index contributed by atoms with van der Waals surface area (Å²) in [6.45, 7) is 3.70. The predicted octanol–water partition coefficient (Wildman–Crippen LogP) is 3.37. The summed E-state index contributed by atoms with van der Waals surface area (Å²) in [6, 6.07) is 2.23. The van der Waals surface area contributed by atoms with Crippen LogP contribution >= 0.6 is 0 Å². The van der Waals surface area contributed by atoms with Crippen molar-refractivity contribution in [1.29, 1.82) is 0 Å². The highest BCUT2D eigenvalue weighted by Crippen LogP contribution is 2.61. The number of hydrogen-bond acceptors (Lipinski definition) is 11. The number of hydrogen-bond donors (Lipinski definition) is 6. The van der Waals surface area contributed by atoms with Crippen molar-refractivity contribution in [3.05, 3.63) is 51.6 Å². The van der Waals surface area contributed by atoms with Gasteiger partial charge in [-0.15, -0.1) is 0 Å². The number of carboxylic acids is 1. The number of benzene rings is 2. The van der Waals surface area contributed by atoms with Crippen LogP contribution in [0.5, 0.6) is 17.2 Å². The van der Waals surface area contributed by atoms with Crippen LogP contribution in [-0.4, -0.2) is 99.0 Å². The normalized spacial score (nSPS) is 36.6. The number of ketones is 1. The summed E-state index contributed by atoms with van der Waals surface area (Å²) >= 11 is 0. The molecule has 6 aliphatic rings. The van der Waals surface area contributed by atoms with E-state index in [1.807, 2.05) is 0 Å². The largest absolute Gasteiger partial charge is 0.507 e. The van der Waals surface area contributed by atoms with Crippen molar-refractivity contribution < 1.29 is 59.2 Å². The number of phenolic OH excluding ortho intramolecular Hbond substituents is 2. The van der Waals surface area contributed by atoms with Crippen molar-refractivity contribution in [1.82, 2.24) is 0 Å². The maximum atomic E-state index is 12.5. The number of carbonyl (C=O) groups is 2. The topological polar surface area (TPSA) is 192 Å². The minimum atomic E-state index is -1.73. The lowest BCUT2D eigenvalue weighted by molar-refractivity contribution is -0.326. The number of fused-ring (bicyclic) bond motifs is 3. The van der Waals surface area contributed by atoms with E-state index in [-0.39, 0.29) is 45.7 Å². The zero-order valence-corrected chi connectivity index (χ0v) is 27.4. The Kier molecular flexibility index (Phi) is 7.86. The van der Waals surface area contributed by atoms with Crippen LogP contribution in [0.25, 0.3) is 10.8 Å². The molecule has 262 valence electrons. The van der Waals surface area contributed by atoms with E-state index in [0.29, 0.717) is 36.7 Å². The van der Waals surface area contributed by atoms with E-state index in [1.165, 1.54) is 25.0 Å². The van der Waals surface area contributed by atoms with Crippen molar-refractivity contribution in [3.63, 3.8) is 0 Å². The third-order valence-corrected chi connectivity index (χ3v) is 12.4. The van der Waals surface area contributed by atoms with Crippen LogP contribution in [0, 0.1) is 36.5 Å². The maximum absolute atomic E-state index is 12.5. The third kappa shape index (κ3) is 4.71. The van der Waals surface area contributed by atoms with E-state index in [4.69, 9.17) is 18.9 Å². The Morgan fingerprint density at radius 2 is 1.88 bits per heavy atom. The van der Waals surface area contributed by atoms with Gasteiger partial charge >= 0.3 is 5.97 Å². The Morgan fingerprint density at radius 1 is 1.08 bits per heavy atom. The number of phenols is 2. The van der Waals surface area contributed by atoms with Gasteiger partial charge in [0.1, 0.15) is 41.2 Å². The second-order valence-corrected chi connectivity index (χ2v) is 14.7. The predicted molar refractivity (Wildman–Crippen MR) is 173 cm³/mol. The quantitative estimate of drug-likeness (QED) is 0.200. The van der Waals surface area contributed by atoms with E-state index in [9.17, 15) is 40.2 Å². The molecular weight excluding hydrogens is 636 g/mol. The number of carboxylic acid groups (broad SMARTS) is 1. The molecule has 12 nitrogen and oxygen atoms in total. The number of aromatic hydroxyl groups is 2. The van der Waals surface area contributed by atoms with Crippen molar-refractivity contribution in [2.45, 2.75) is 76.2 Å². The Bertz CT molecular complexity index is 1810. The van der Waals surface area contributed by atoms with Gasteiger partial charge in [-0.1, -0.05) is 12.5 Å². The van der Waals surface area contributed by atoms with Gasteiger partial charge in [-0.2, -0.15) is 0 Å². The van der Waals surface area contributed by atoms with Crippen molar-refractivity contribution in [2.75, 3.05) is 26.4 Å². The Morgan fingerprint density at radius 3 is 2.61 bits per heavy atom. The minimum Gasteiger partial charge on any atom is -0.507 e. The molecule has 2 aromatic rings. The average Bonchev–Trinajstić information content (AvgIpc) is 3.43. The van der Waals surface area contributed by atoms with Crippen molar-refractivity contribution in [3.8, 4) is 17.2 Å². The average molecular weight is 679 g/mol. The molecule has 2 saturated heterocycles. The number of ether oxygens (including phenoxy) is 4. The molecule has 3 heterocycles. The Labute approximate surface area is 282 Å². The number of carbonyl (C=O) groups excluding carboxylic acids is 1. The fourth-order valence-corrected chi connectivity index (χ4v) is 10.3. The van der Waals surface area contributed by atoms with Crippen LogP contribution in [0.1, 0.15) is 65.3 Å². The highest BCUT2D eigenvalue weighted by Gasteiger charge is 2.62. The number of aliphatic hydroxyl groups excluding tert-OH is 3. The van der Waals surface area contributed by atoms with E-state index < -0.39 is 60.1 Å². The lowest BCUT2D eigenvalue weighted by Gasteiger charge is -2.56.